The van der Waals surface area contributed by atoms with Crippen LogP contribution in [0.4, 0.5) is 10.5 Å². The van der Waals surface area contributed by atoms with Crippen molar-refractivity contribution in [2.24, 2.45) is 0 Å². The van der Waals surface area contributed by atoms with Crippen molar-refractivity contribution in [3.05, 3.63) is 65.0 Å². The molecule has 1 atom stereocenters. The van der Waals surface area contributed by atoms with Crippen LogP contribution in [0.3, 0.4) is 0 Å². The Labute approximate surface area is 160 Å². The molecule has 4 rings (SSSR count). The maximum absolute atomic E-state index is 12.4. The van der Waals surface area contributed by atoms with Crippen LogP contribution in [-0.4, -0.2) is 16.0 Å². The molecule has 2 amide bonds. The molecule has 0 fully saturated rings. The van der Waals surface area contributed by atoms with Gasteiger partial charge in [-0.25, -0.2) is 19.7 Å². The molecule has 0 unspecified atom stereocenters. The number of H-pyrrole nitrogens is 2. The Hall–Kier alpha value is -3.19. The predicted molar refractivity (Wildman–Crippen MR) is 108 cm³/mol. The number of thiazole rings is 1. The van der Waals surface area contributed by atoms with Crippen molar-refractivity contribution in [1.82, 2.24) is 15.3 Å². The van der Waals surface area contributed by atoms with Gasteiger partial charge in [-0.3, -0.25) is 0 Å². The number of carbonyl (C=O) groups is 1. The molecule has 2 aromatic heterocycles. The van der Waals surface area contributed by atoms with Crippen LogP contribution in [0.25, 0.3) is 22.6 Å². The molecule has 0 aliphatic heterocycles. The first kappa shape index (κ1) is 17.2. The third kappa shape index (κ3) is 3.83. The van der Waals surface area contributed by atoms with Crippen molar-refractivity contribution in [2.75, 3.05) is 5.32 Å². The fourth-order valence-electron chi connectivity index (χ4n) is 3.03. The highest BCUT2D eigenvalue weighted by Gasteiger charge is 2.16. The van der Waals surface area contributed by atoms with Crippen LogP contribution in [0.2, 0.25) is 0 Å². The second-order valence-corrected chi connectivity index (χ2v) is 6.95. The lowest BCUT2D eigenvalue weighted by Gasteiger charge is -2.17. The highest BCUT2D eigenvalue weighted by molar-refractivity contribution is 7.07. The molecule has 0 saturated heterocycles. The lowest BCUT2D eigenvalue weighted by Crippen LogP contribution is -2.32. The van der Waals surface area contributed by atoms with E-state index in [1.165, 1.54) is 0 Å². The topological polar surface area (TPSA) is 83.9 Å². The molecular formula is C20H20N5OS+. The molecule has 0 bridgehead atoms. The zero-order chi connectivity index (χ0) is 18.6. The summed E-state index contributed by atoms with van der Waals surface area (Å²) in [6, 6.07) is 15.5. The molecule has 0 aliphatic carbocycles. The van der Waals surface area contributed by atoms with E-state index in [9.17, 15) is 4.79 Å². The van der Waals surface area contributed by atoms with Gasteiger partial charge in [0, 0.05) is 17.1 Å². The standard InChI is InChI=1S/C20H19N5OS/c1-2-15(13-6-4-3-5-7-13)25-20(26)22-14-8-9-16-17(10-14)24-19(23-16)18-11-27-12-21-18/h3-12,15H,2H2,1H3,(H,23,24)(H2,22,25,26)/p+1/t15-/m1/s1. The third-order valence-electron chi connectivity index (χ3n) is 4.40. The van der Waals surface area contributed by atoms with Gasteiger partial charge in [-0.2, -0.15) is 0 Å². The normalized spacial score (nSPS) is 12.0. The lowest BCUT2D eigenvalue weighted by atomic mass is 10.1. The Morgan fingerprint density at radius 2 is 2.11 bits per heavy atom. The first-order valence-electron chi connectivity index (χ1n) is 8.79. The van der Waals surface area contributed by atoms with Crippen LogP contribution in [0.1, 0.15) is 24.9 Å². The number of rotatable bonds is 5. The van der Waals surface area contributed by atoms with Gasteiger partial charge < -0.3 is 10.6 Å². The first-order valence-corrected chi connectivity index (χ1v) is 9.73. The molecule has 27 heavy (non-hydrogen) atoms. The molecule has 0 saturated carbocycles. The SMILES string of the molecule is CC[C@@H](NC(=O)Nc1ccc2[nH+]c(-c3cscn3)[nH]c2c1)c1ccccc1. The Morgan fingerprint density at radius 1 is 1.26 bits per heavy atom. The van der Waals surface area contributed by atoms with E-state index >= 15 is 0 Å². The average molecular weight is 378 g/mol. The van der Waals surface area contributed by atoms with Crippen LogP contribution in [-0.2, 0) is 0 Å². The summed E-state index contributed by atoms with van der Waals surface area (Å²) in [4.78, 5) is 23.3. The zero-order valence-corrected chi connectivity index (χ0v) is 15.6. The summed E-state index contributed by atoms with van der Waals surface area (Å²) < 4.78 is 0. The minimum atomic E-state index is -0.222. The van der Waals surface area contributed by atoms with Crippen molar-refractivity contribution in [1.29, 1.82) is 0 Å². The second-order valence-electron chi connectivity index (χ2n) is 6.23. The van der Waals surface area contributed by atoms with Gasteiger partial charge in [-0.15, -0.1) is 11.3 Å². The number of nitrogens with zero attached hydrogens (tertiary/aromatic N) is 1. The van der Waals surface area contributed by atoms with Crippen LogP contribution < -0.4 is 15.6 Å². The van der Waals surface area contributed by atoms with Gasteiger partial charge in [-0.1, -0.05) is 37.3 Å². The van der Waals surface area contributed by atoms with Crippen LogP contribution in [0.5, 0.6) is 0 Å². The van der Waals surface area contributed by atoms with Gasteiger partial charge in [0.2, 0.25) is 0 Å². The Kier molecular flexibility index (Phi) is 4.84. The number of nitrogens with one attached hydrogen (secondary N) is 4. The maximum atomic E-state index is 12.4. The highest BCUT2D eigenvalue weighted by atomic mass is 32.1. The van der Waals surface area contributed by atoms with Crippen molar-refractivity contribution >= 4 is 34.1 Å². The van der Waals surface area contributed by atoms with Gasteiger partial charge >= 0.3 is 11.9 Å². The Morgan fingerprint density at radius 3 is 2.85 bits per heavy atom. The summed E-state index contributed by atoms with van der Waals surface area (Å²) >= 11 is 1.55. The summed E-state index contributed by atoms with van der Waals surface area (Å²) in [5.74, 6) is 0.850. The number of hydrogen-bond donors (Lipinski definition) is 3. The molecule has 0 radical (unpaired) electrons. The van der Waals surface area contributed by atoms with Crippen LogP contribution >= 0.6 is 11.3 Å². The molecule has 136 valence electrons. The van der Waals surface area contributed by atoms with Gasteiger partial charge in [0.05, 0.1) is 11.6 Å². The number of anilines is 1. The number of aromatic nitrogens is 3. The van der Waals surface area contributed by atoms with E-state index in [0.717, 1.165) is 40.2 Å². The van der Waals surface area contributed by atoms with E-state index < -0.39 is 0 Å². The summed E-state index contributed by atoms with van der Waals surface area (Å²) in [7, 11) is 0. The van der Waals surface area contributed by atoms with E-state index in [0.29, 0.717) is 0 Å². The molecule has 7 heteroatoms. The van der Waals surface area contributed by atoms with Gasteiger partial charge in [0.25, 0.3) is 0 Å². The van der Waals surface area contributed by atoms with E-state index in [4.69, 9.17) is 0 Å². The summed E-state index contributed by atoms with van der Waals surface area (Å²) in [5, 5.41) is 7.92. The van der Waals surface area contributed by atoms with Crippen molar-refractivity contribution in [3.63, 3.8) is 0 Å². The van der Waals surface area contributed by atoms with Gasteiger partial charge in [0.1, 0.15) is 0 Å². The molecule has 2 heterocycles. The average Bonchev–Trinajstić information content (AvgIpc) is 3.36. The number of hydrogen-bond acceptors (Lipinski definition) is 3. The van der Waals surface area contributed by atoms with Crippen molar-refractivity contribution < 1.29 is 9.78 Å². The van der Waals surface area contributed by atoms with E-state index in [-0.39, 0.29) is 12.1 Å². The molecule has 4 N–H and O–H groups in total. The quantitative estimate of drug-likeness (QED) is 0.481. The summed E-state index contributed by atoms with van der Waals surface area (Å²) in [5.41, 5.74) is 6.35. The number of amides is 2. The summed E-state index contributed by atoms with van der Waals surface area (Å²) in [6.07, 6.45) is 0.819. The second kappa shape index (κ2) is 7.59. The van der Waals surface area contributed by atoms with Gasteiger partial charge in [0.15, 0.2) is 16.7 Å². The number of aromatic amines is 2. The van der Waals surface area contributed by atoms with Crippen molar-refractivity contribution in [2.45, 2.75) is 19.4 Å². The minimum absolute atomic E-state index is 0.0231. The molecule has 0 spiro atoms. The number of fused-ring (bicyclic) bond motifs is 1. The fourth-order valence-corrected chi connectivity index (χ4v) is 3.57. The maximum Gasteiger partial charge on any atom is 0.319 e. The predicted octanol–water partition coefficient (Wildman–Crippen LogP) is 4.38. The highest BCUT2D eigenvalue weighted by Crippen LogP contribution is 2.20. The Balaban J connectivity index is 1.48. The van der Waals surface area contributed by atoms with Crippen LogP contribution in [0.15, 0.2) is 59.4 Å². The molecule has 4 aromatic rings. The molecule has 0 aliphatic rings. The smallest absolute Gasteiger partial charge is 0.319 e. The monoisotopic (exact) mass is 378 g/mol. The summed E-state index contributed by atoms with van der Waals surface area (Å²) in [6.45, 7) is 2.05. The lowest BCUT2D eigenvalue weighted by molar-refractivity contribution is -0.330. The fraction of sp³-hybridized carbons (Fsp3) is 0.150. The number of imidazole rings is 1. The molecule has 2 aromatic carbocycles. The largest absolute Gasteiger partial charge is 0.331 e. The number of carbonyl (C=O) groups excluding carboxylic acids is 1. The van der Waals surface area contributed by atoms with Crippen LogP contribution in [0, 0.1) is 0 Å². The third-order valence-corrected chi connectivity index (χ3v) is 4.99. The molecule has 6 nitrogen and oxygen atoms in total. The van der Waals surface area contributed by atoms with E-state index in [2.05, 4.69) is 32.5 Å². The Bertz CT molecular complexity index is 1040. The number of benzene rings is 2. The van der Waals surface area contributed by atoms with E-state index in [1.54, 1.807) is 16.8 Å². The van der Waals surface area contributed by atoms with Gasteiger partial charge in [-0.05, 0) is 24.1 Å². The number of urea groups is 1. The molecular weight excluding hydrogens is 358 g/mol. The minimum Gasteiger partial charge on any atom is -0.331 e. The van der Waals surface area contributed by atoms with Crippen molar-refractivity contribution in [3.8, 4) is 11.5 Å². The van der Waals surface area contributed by atoms with E-state index in [1.807, 2.05) is 53.9 Å². The first-order chi connectivity index (χ1) is 13.2. The zero-order valence-electron chi connectivity index (χ0n) is 14.8.